The van der Waals surface area contributed by atoms with Crippen molar-refractivity contribution in [3.05, 3.63) is 70.3 Å². The number of nitrogens with one attached hydrogen (secondary N) is 1. The lowest BCUT2D eigenvalue weighted by Crippen LogP contribution is -2.31. The summed E-state index contributed by atoms with van der Waals surface area (Å²) >= 11 is 0. The minimum absolute atomic E-state index is 0.0124. The van der Waals surface area contributed by atoms with Gasteiger partial charge in [0.15, 0.2) is 0 Å². The van der Waals surface area contributed by atoms with Crippen LogP contribution in [-0.4, -0.2) is 22.0 Å². The molecule has 1 atom stereocenters. The van der Waals surface area contributed by atoms with Gasteiger partial charge in [-0.2, -0.15) is 0 Å². The van der Waals surface area contributed by atoms with Crippen LogP contribution < -0.4 is 5.32 Å². The van der Waals surface area contributed by atoms with E-state index in [1.807, 2.05) is 18.2 Å². The van der Waals surface area contributed by atoms with E-state index in [-0.39, 0.29) is 12.1 Å². The summed E-state index contributed by atoms with van der Waals surface area (Å²) in [6, 6.07) is 14.1. The normalized spacial score (nSPS) is 11.6. The quantitative estimate of drug-likeness (QED) is 0.629. The van der Waals surface area contributed by atoms with Gasteiger partial charge in [0.05, 0.1) is 4.92 Å². The van der Waals surface area contributed by atoms with Gasteiger partial charge in [0, 0.05) is 24.2 Å². The van der Waals surface area contributed by atoms with Gasteiger partial charge in [0.25, 0.3) is 5.69 Å². The number of carbonyl (C=O) groups is 1. The van der Waals surface area contributed by atoms with Crippen molar-refractivity contribution < 1.29 is 14.8 Å². The Bertz CT molecular complexity index is 626. The predicted molar refractivity (Wildman–Crippen MR) is 78.3 cm³/mol. The van der Waals surface area contributed by atoms with Gasteiger partial charge in [-0.25, -0.2) is 4.79 Å². The topological polar surface area (TPSA) is 92.5 Å². The molecule has 0 saturated carbocycles. The fraction of sp³-hybridized carbons (Fsp3) is 0.133. The van der Waals surface area contributed by atoms with Crippen molar-refractivity contribution >= 4 is 17.3 Å². The van der Waals surface area contributed by atoms with Crippen LogP contribution in [0, 0.1) is 10.1 Å². The molecule has 0 bridgehead atoms. The van der Waals surface area contributed by atoms with Crippen molar-refractivity contribution in [2.24, 2.45) is 0 Å². The number of hydrogen-bond acceptors (Lipinski definition) is 4. The molecule has 0 radical (unpaired) electrons. The SMILES string of the molecule is O=C(O)[C@H](Cc1ccc([N+](=O)[O-])cc1)Nc1ccccc1. The first kappa shape index (κ1) is 14.5. The molecule has 0 fully saturated rings. The van der Waals surface area contributed by atoms with Crippen LogP contribution in [0.15, 0.2) is 54.6 Å². The average Bonchev–Trinajstić information content (AvgIpc) is 2.48. The van der Waals surface area contributed by atoms with E-state index in [0.717, 1.165) is 5.56 Å². The third kappa shape index (κ3) is 4.04. The van der Waals surface area contributed by atoms with Gasteiger partial charge in [0.2, 0.25) is 0 Å². The molecule has 0 unspecified atom stereocenters. The van der Waals surface area contributed by atoms with Gasteiger partial charge < -0.3 is 10.4 Å². The smallest absolute Gasteiger partial charge is 0.326 e. The Balaban J connectivity index is 2.09. The highest BCUT2D eigenvalue weighted by molar-refractivity contribution is 5.77. The van der Waals surface area contributed by atoms with Crippen molar-refractivity contribution in [1.29, 1.82) is 0 Å². The molecular weight excluding hydrogens is 272 g/mol. The van der Waals surface area contributed by atoms with E-state index >= 15 is 0 Å². The fourth-order valence-corrected chi connectivity index (χ4v) is 1.93. The molecule has 0 saturated heterocycles. The zero-order valence-corrected chi connectivity index (χ0v) is 11.1. The van der Waals surface area contributed by atoms with Crippen molar-refractivity contribution in [3.8, 4) is 0 Å². The Kier molecular flexibility index (Phi) is 4.50. The fourth-order valence-electron chi connectivity index (χ4n) is 1.93. The molecule has 2 aromatic carbocycles. The first-order chi connectivity index (χ1) is 10.1. The number of non-ortho nitro benzene ring substituents is 1. The van der Waals surface area contributed by atoms with Crippen LogP contribution in [0.25, 0.3) is 0 Å². The second-order valence-electron chi connectivity index (χ2n) is 4.53. The molecule has 0 heterocycles. The van der Waals surface area contributed by atoms with Crippen LogP contribution in [-0.2, 0) is 11.2 Å². The number of aliphatic carboxylic acids is 1. The molecule has 0 spiro atoms. The Labute approximate surface area is 121 Å². The van der Waals surface area contributed by atoms with Crippen molar-refractivity contribution in [1.82, 2.24) is 0 Å². The van der Waals surface area contributed by atoms with Gasteiger partial charge in [-0.3, -0.25) is 10.1 Å². The van der Waals surface area contributed by atoms with Gasteiger partial charge in [-0.05, 0) is 17.7 Å². The molecule has 6 heteroatoms. The molecule has 6 nitrogen and oxygen atoms in total. The number of carboxylic acid groups (broad SMARTS) is 1. The largest absolute Gasteiger partial charge is 0.480 e. The van der Waals surface area contributed by atoms with Gasteiger partial charge in [0.1, 0.15) is 6.04 Å². The number of para-hydroxylation sites is 1. The third-order valence-electron chi connectivity index (χ3n) is 3.00. The summed E-state index contributed by atoms with van der Waals surface area (Å²) in [5.74, 6) is -0.975. The molecule has 21 heavy (non-hydrogen) atoms. The molecule has 0 aliphatic rings. The Morgan fingerprint density at radius 2 is 1.76 bits per heavy atom. The first-order valence-corrected chi connectivity index (χ1v) is 6.34. The van der Waals surface area contributed by atoms with Crippen LogP contribution in [0.3, 0.4) is 0 Å². The summed E-state index contributed by atoms with van der Waals surface area (Å²) in [5.41, 5.74) is 1.42. The molecular formula is C15H14N2O4. The number of nitrogens with zero attached hydrogens (tertiary/aromatic N) is 1. The van der Waals surface area contributed by atoms with E-state index in [1.54, 1.807) is 24.3 Å². The van der Waals surface area contributed by atoms with Crippen LogP contribution in [0.5, 0.6) is 0 Å². The Hall–Kier alpha value is -2.89. The van der Waals surface area contributed by atoms with E-state index in [9.17, 15) is 20.0 Å². The lowest BCUT2D eigenvalue weighted by molar-refractivity contribution is -0.384. The van der Waals surface area contributed by atoms with Crippen molar-refractivity contribution in [3.63, 3.8) is 0 Å². The molecule has 2 N–H and O–H groups in total. The standard InChI is InChI=1S/C15H14N2O4/c18-15(19)14(16-12-4-2-1-3-5-12)10-11-6-8-13(9-7-11)17(20)21/h1-9,14,16H,10H2,(H,18,19)/t14-/m0/s1. The number of rotatable bonds is 6. The number of nitro groups is 1. The molecule has 2 rings (SSSR count). The van der Waals surface area contributed by atoms with Gasteiger partial charge >= 0.3 is 5.97 Å². The number of carboxylic acids is 1. The van der Waals surface area contributed by atoms with Crippen LogP contribution in [0.1, 0.15) is 5.56 Å². The van der Waals surface area contributed by atoms with Crippen molar-refractivity contribution in [2.75, 3.05) is 5.32 Å². The number of benzene rings is 2. The lowest BCUT2D eigenvalue weighted by atomic mass is 10.1. The minimum atomic E-state index is -0.975. The molecule has 0 aromatic heterocycles. The van der Waals surface area contributed by atoms with E-state index in [4.69, 9.17) is 0 Å². The molecule has 0 aliphatic heterocycles. The summed E-state index contributed by atoms with van der Waals surface area (Å²) in [7, 11) is 0. The number of hydrogen-bond donors (Lipinski definition) is 2. The summed E-state index contributed by atoms with van der Waals surface area (Å²) in [5, 5.41) is 22.8. The second-order valence-corrected chi connectivity index (χ2v) is 4.53. The lowest BCUT2D eigenvalue weighted by Gasteiger charge is -2.15. The molecule has 0 aliphatic carbocycles. The first-order valence-electron chi connectivity index (χ1n) is 6.34. The maximum absolute atomic E-state index is 11.3. The Morgan fingerprint density at radius 3 is 2.29 bits per heavy atom. The third-order valence-corrected chi connectivity index (χ3v) is 3.00. The average molecular weight is 286 g/mol. The molecule has 108 valence electrons. The maximum atomic E-state index is 11.3. The van der Waals surface area contributed by atoms with E-state index in [0.29, 0.717) is 5.69 Å². The van der Waals surface area contributed by atoms with Crippen LogP contribution in [0.2, 0.25) is 0 Å². The van der Waals surface area contributed by atoms with Crippen molar-refractivity contribution in [2.45, 2.75) is 12.5 Å². The molecule has 0 amide bonds. The van der Waals surface area contributed by atoms with Gasteiger partial charge in [-0.15, -0.1) is 0 Å². The summed E-state index contributed by atoms with van der Waals surface area (Å²) in [6.07, 6.45) is 0.238. The van der Waals surface area contributed by atoms with Crippen LogP contribution >= 0.6 is 0 Å². The zero-order chi connectivity index (χ0) is 15.2. The second kappa shape index (κ2) is 6.51. The van der Waals surface area contributed by atoms with Gasteiger partial charge in [-0.1, -0.05) is 30.3 Å². The predicted octanol–water partition coefficient (Wildman–Crippen LogP) is 2.70. The van der Waals surface area contributed by atoms with E-state index < -0.39 is 16.9 Å². The summed E-state index contributed by atoms with van der Waals surface area (Å²) in [4.78, 5) is 21.4. The van der Waals surface area contributed by atoms with E-state index in [1.165, 1.54) is 12.1 Å². The monoisotopic (exact) mass is 286 g/mol. The number of nitro benzene ring substituents is 1. The highest BCUT2D eigenvalue weighted by Gasteiger charge is 2.18. The highest BCUT2D eigenvalue weighted by Crippen LogP contribution is 2.15. The minimum Gasteiger partial charge on any atom is -0.480 e. The summed E-state index contributed by atoms with van der Waals surface area (Å²) < 4.78 is 0. The van der Waals surface area contributed by atoms with Crippen LogP contribution in [0.4, 0.5) is 11.4 Å². The zero-order valence-electron chi connectivity index (χ0n) is 11.1. The maximum Gasteiger partial charge on any atom is 0.326 e. The highest BCUT2D eigenvalue weighted by atomic mass is 16.6. The molecule has 2 aromatic rings. The Morgan fingerprint density at radius 1 is 1.14 bits per heavy atom. The summed E-state index contributed by atoms with van der Waals surface area (Å²) in [6.45, 7) is 0. The van der Waals surface area contributed by atoms with E-state index in [2.05, 4.69) is 5.32 Å². The number of anilines is 1.